The molecule has 20 heavy (non-hydrogen) atoms. The van der Waals surface area contributed by atoms with E-state index >= 15 is 0 Å². The minimum atomic E-state index is -0.684. The molecule has 2 N–H and O–H groups in total. The minimum Gasteiger partial charge on any atom is -0.395 e. The molecule has 3 heteroatoms. The van der Waals surface area contributed by atoms with E-state index in [1.54, 1.807) is 12.1 Å². The monoisotopic (exact) mass is 290 g/mol. The summed E-state index contributed by atoms with van der Waals surface area (Å²) in [4.78, 5) is 0. The molecule has 0 radical (unpaired) electrons. The van der Waals surface area contributed by atoms with Crippen LogP contribution in [0.15, 0.2) is 48.5 Å². The van der Waals surface area contributed by atoms with Crippen molar-refractivity contribution >= 4 is 11.6 Å². The summed E-state index contributed by atoms with van der Waals surface area (Å²) in [7, 11) is 0. The van der Waals surface area contributed by atoms with Crippen molar-refractivity contribution in [3.8, 4) is 0 Å². The first-order valence-electron chi connectivity index (χ1n) is 6.63. The van der Waals surface area contributed by atoms with Gasteiger partial charge in [-0.05, 0) is 42.2 Å². The van der Waals surface area contributed by atoms with Crippen LogP contribution in [0, 0.1) is 6.92 Å². The van der Waals surface area contributed by atoms with Gasteiger partial charge in [-0.2, -0.15) is 0 Å². The quantitative estimate of drug-likeness (QED) is 0.888. The van der Waals surface area contributed by atoms with Gasteiger partial charge in [0.1, 0.15) is 0 Å². The summed E-state index contributed by atoms with van der Waals surface area (Å²) >= 11 is 5.91. The maximum absolute atomic E-state index is 9.86. The molecule has 0 amide bonds. The summed E-state index contributed by atoms with van der Waals surface area (Å²) in [6, 6.07) is 15.3. The minimum absolute atomic E-state index is 0.112. The first-order valence-corrected chi connectivity index (χ1v) is 7.01. The molecule has 0 saturated heterocycles. The standard InChI is InChI=1S/C17H19ClO2/c1-13-4-2-3-5-14(13)10-17(11-19,12-20)15-6-8-16(18)9-7-15/h2-9,19-20H,10-12H2,1H3. The van der Waals surface area contributed by atoms with Crippen molar-refractivity contribution in [2.75, 3.05) is 13.2 Å². The first kappa shape index (κ1) is 15.0. The van der Waals surface area contributed by atoms with E-state index in [2.05, 4.69) is 0 Å². The van der Waals surface area contributed by atoms with Crippen LogP contribution in [0.4, 0.5) is 0 Å². The van der Waals surface area contributed by atoms with Gasteiger partial charge in [-0.3, -0.25) is 0 Å². The largest absolute Gasteiger partial charge is 0.395 e. The van der Waals surface area contributed by atoms with Crippen molar-refractivity contribution in [3.63, 3.8) is 0 Å². The van der Waals surface area contributed by atoms with Crippen LogP contribution in [0.3, 0.4) is 0 Å². The van der Waals surface area contributed by atoms with Crippen LogP contribution in [0.5, 0.6) is 0 Å². The summed E-state index contributed by atoms with van der Waals surface area (Å²) in [6.45, 7) is 1.82. The van der Waals surface area contributed by atoms with Gasteiger partial charge in [0.2, 0.25) is 0 Å². The number of halogens is 1. The van der Waals surface area contributed by atoms with E-state index in [9.17, 15) is 10.2 Å². The van der Waals surface area contributed by atoms with Gasteiger partial charge in [0.15, 0.2) is 0 Å². The molecular formula is C17H19ClO2. The van der Waals surface area contributed by atoms with E-state index in [-0.39, 0.29) is 13.2 Å². The maximum Gasteiger partial charge on any atom is 0.0553 e. The van der Waals surface area contributed by atoms with Crippen molar-refractivity contribution in [1.29, 1.82) is 0 Å². The number of aliphatic hydroxyl groups excluding tert-OH is 2. The smallest absolute Gasteiger partial charge is 0.0553 e. The van der Waals surface area contributed by atoms with Gasteiger partial charge in [-0.15, -0.1) is 0 Å². The molecule has 0 aromatic heterocycles. The lowest BCUT2D eigenvalue weighted by Gasteiger charge is -2.31. The second-order valence-corrected chi connectivity index (χ2v) is 5.64. The molecule has 0 saturated carbocycles. The average molecular weight is 291 g/mol. The Hall–Kier alpha value is -1.35. The predicted molar refractivity (Wildman–Crippen MR) is 82.2 cm³/mol. The van der Waals surface area contributed by atoms with Crippen molar-refractivity contribution < 1.29 is 10.2 Å². The third-order valence-corrected chi connectivity index (χ3v) is 4.10. The van der Waals surface area contributed by atoms with Crippen molar-refractivity contribution in [2.24, 2.45) is 0 Å². The molecule has 0 aliphatic rings. The van der Waals surface area contributed by atoms with Crippen LogP contribution in [-0.4, -0.2) is 23.4 Å². The fraction of sp³-hybridized carbons (Fsp3) is 0.294. The first-order chi connectivity index (χ1) is 9.61. The molecule has 0 heterocycles. The summed E-state index contributed by atoms with van der Waals surface area (Å²) in [6.07, 6.45) is 0.592. The van der Waals surface area contributed by atoms with Gasteiger partial charge in [-0.1, -0.05) is 48.0 Å². The molecule has 0 bridgehead atoms. The number of rotatable bonds is 5. The van der Waals surface area contributed by atoms with E-state index in [1.165, 1.54) is 0 Å². The van der Waals surface area contributed by atoms with Crippen molar-refractivity contribution in [1.82, 2.24) is 0 Å². The van der Waals surface area contributed by atoms with Crippen LogP contribution >= 0.6 is 11.6 Å². The lowest BCUT2D eigenvalue weighted by molar-refractivity contribution is 0.116. The Kier molecular flexibility index (Phi) is 4.81. The Balaban J connectivity index is 2.39. The molecular weight excluding hydrogens is 272 g/mol. The second-order valence-electron chi connectivity index (χ2n) is 5.21. The SMILES string of the molecule is Cc1ccccc1CC(CO)(CO)c1ccc(Cl)cc1. The molecule has 2 nitrogen and oxygen atoms in total. The van der Waals surface area contributed by atoms with E-state index in [4.69, 9.17) is 11.6 Å². The highest BCUT2D eigenvalue weighted by Gasteiger charge is 2.31. The normalized spacial score (nSPS) is 11.6. The van der Waals surface area contributed by atoms with Crippen molar-refractivity contribution in [3.05, 3.63) is 70.2 Å². The number of hydrogen-bond acceptors (Lipinski definition) is 2. The number of aliphatic hydroxyl groups is 2. The topological polar surface area (TPSA) is 40.5 Å². The summed E-state index contributed by atoms with van der Waals surface area (Å²) < 4.78 is 0. The molecule has 2 aromatic rings. The molecule has 0 unspecified atom stereocenters. The van der Waals surface area contributed by atoms with Crippen LogP contribution in [0.2, 0.25) is 5.02 Å². The Morgan fingerprint density at radius 3 is 2.10 bits per heavy atom. The zero-order valence-corrected chi connectivity index (χ0v) is 12.3. The van der Waals surface area contributed by atoms with E-state index in [1.807, 2.05) is 43.3 Å². The van der Waals surface area contributed by atoms with Crippen LogP contribution in [-0.2, 0) is 11.8 Å². The molecule has 106 valence electrons. The lowest BCUT2D eigenvalue weighted by atomic mass is 9.76. The van der Waals surface area contributed by atoms with Gasteiger partial charge in [-0.25, -0.2) is 0 Å². The lowest BCUT2D eigenvalue weighted by Crippen LogP contribution is -2.37. The summed E-state index contributed by atoms with van der Waals surface area (Å²) in [5.74, 6) is 0. The van der Waals surface area contributed by atoms with E-state index in [0.29, 0.717) is 11.4 Å². The molecule has 0 spiro atoms. The number of aryl methyl sites for hydroxylation is 1. The van der Waals surface area contributed by atoms with Gasteiger partial charge < -0.3 is 10.2 Å². The van der Waals surface area contributed by atoms with Gasteiger partial charge >= 0.3 is 0 Å². The number of hydrogen-bond donors (Lipinski definition) is 2. The third-order valence-electron chi connectivity index (χ3n) is 3.85. The molecule has 0 atom stereocenters. The maximum atomic E-state index is 9.86. The van der Waals surface area contributed by atoms with Crippen LogP contribution in [0.1, 0.15) is 16.7 Å². The highest BCUT2D eigenvalue weighted by Crippen LogP contribution is 2.30. The average Bonchev–Trinajstić information content (AvgIpc) is 2.48. The third kappa shape index (κ3) is 3.04. The van der Waals surface area contributed by atoms with Crippen LogP contribution in [0.25, 0.3) is 0 Å². The zero-order chi connectivity index (χ0) is 14.6. The van der Waals surface area contributed by atoms with Crippen LogP contribution < -0.4 is 0 Å². The second kappa shape index (κ2) is 6.40. The Morgan fingerprint density at radius 2 is 1.55 bits per heavy atom. The highest BCUT2D eigenvalue weighted by atomic mass is 35.5. The molecule has 0 aliphatic heterocycles. The van der Waals surface area contributed by atoms with Crippen molar-refractivity contribution in [2.45, 2.75) is 18.8 Å². The fourth-order valence-corrected chi connectivity index (χ4v) is 2.55. The Bertz CT molecular complexity index is 559. The summed E-state index contributed by atoms with van der Waals surface area (Å²) in [5, 5.41) is 20.4. The Morgan fingerprint density at radius 1 is 0.950 bits per heavy atom. The molecule has 0 aliphatic carbocycles. The molecule has 0 fully saturated rings. The fourth-order valence-electron chi connectivity index (χ4n) is 2.42. The van der Waals surface area contributed by atoms with Gasteiger partial charge in [0, 0.05) is 10.4 Å². The highest BCUT2D eigenvalue weighted by molar-refractivity contribution is 6.30. The molecule has 2 aromatic carbocycles. The van der Waals surface area contributed by atoms with E-state index in [0.717, 1.165) is 16.7 Å². The predicted octanol–water partition coefficient (Wildman–Crippen LogP) is 3.11. The van der Waals surface area contributed by atoms with E-state index < -0.39 is 5.41 Å². The molecule has 2 rings (SSSR count). The Labute approximate surface area is 124 Å². The zero-order valence-electron chi connectivity index (χ0n) is 11.5. The van der Waals surface area contributed by atoms with Gasteiger partial charge in [0.05, 0.1) is 13.2 Å². The number of benzene rings is 2. The summed E-state index contributed by atoms with van der Waals surface area (Å²) in [5.41, 5.74) is 2.50. The van der Waals surface area contributed by atoms with Gasteiger partial charge in [0.25, 0.3) is 0 Å².